The topological polar surface area (TPSA) is 120 Å². The molecular formula is C18H11N5O4S2. The number of amides is 2. The molecule has 0 atom stereocenters. The Labute approximate surface area is 172 Å². The number of aromatic amines is 1. The summed E-state index contributed by atoms with van der Waals surface area (Å²) in [6.07, 6.45) is 2.89. The molecule has 0 spiro atoms. The summed E-state index contributed by atoms with van der Waals surface area (Å²) in [5, 5.41) is 20.8. The summed E-state index contributed by atoms with van der Waals surface area (Å²) in [4.78, 5) is 36.4. The first-order chi connectivity index (χ1) is 13.9. The summed E-state index contributed by atoms with van der Waals surface area (Å²) in [7, 11) is 0. The number of phenolic OH excluding ortho intramolecular Hbond substituents is 1. The van der Waals surface area contributed by atoms with Crippen molar-refractivity contribution in [2.45, 2.75) is 0 Å². The van der Waals surface area contributed by atoms with Gasteiger partial charge in [-0.05, 0) is 53.4 Å². The molecule has 29 heavy (non-hydrogen) atoms. The summed E-state index contributed by atoms with van der Waals surface area (Å²) < 4.78 is 0.542. The van der Waals surface area contributed by atoms with Crippen molar-refractivity contribution >= 4 is 64.3 Å². The number of H-pyrrole nitrogens is 1. The molecule has 0 unspecified atom stereocenters. The Bertz CT molecular complexity index is 1360. The lowest BCUT2D eigenvalue weighted by molar-refractivity contribution is -0.135. The van der Waals surface area contributed by atoms with Gasteiger partial charge < -0.3 is 5.11 Å². The van der Waals surface area contributed by atoms with Crippen LogP contribution in [0.1, 0.15) is 11.3 Å². The molecule has 0 bridgehead atoms. The standard InChI is InChI=1S/C18H11N5O4S2/c24-13-8-5-9-3-1-2-4-10(9)11(13)6-7-12-15(26)22(18(29)21-20-12)23-16(27)14(25)19-17(23)28/h1-8,24H,(H,21,29)(H,19,25,28)/b7-6+. The van der Waals surface area contributed by atoms with E-state index in [9.17, 15) is 19.5 Å². The number of benzene rings is 2. The fourth-order valence-electron chi connectivity index (χ4n) is 2.89. The molecule has 1 aromatic heterocycles. The highest BCUT2D eigenvalue weighted by Gasteiger charge is 2.37. The zero-order valence-corrected chi connectivity index (χ0v) is 16.1. The van der Waals surface area contributed by atoms with E-state index >= 15 is 0 Å². The number of nitrogens with one attached hydrogen (secondary N) is 2. The van der Waals surface area contributed by atoms with Gasteiger partial charge in [-0.2, -0.15) is 14.8 Å². The third kappa shape index (κ3) is 3.11. The summed E-state index contributed by atoms with van der Waals surface area (Å²) in [6.45, 7) is 0. The Balaban J connectivity index is 1.83. The lowest BCUT2D eigenvalue weighted by Crippen LogP contribution is -2.48. The van der Waals surface area contributed by atoms with Crippen molar-refractivity contribution in [3.8, 4) is 5.75 Å². The van der Waals surface area contributed by atoms with Crippen molar-refractivity contribution < 1.29 is 14.7 Å². The fraction of sp³-hybridized carbons (Fsp3) is 0. The van der Waals surface area contributed by atoms with Gasteiger partial charge in [0, 0.05) is 5.56 Å². The van der Waals surface area contributed by atoms with E-state index in [2.05, 4.69) is 15.5 Å². The number of hydrogen-bond donors (Lipinski definition) is 3. The molecule has 2 aromatic carbocycles. The lowest BCUT2D eigenvalue weighted by atomic mass is 10.0. The fourth-order valence-corrected chi connectivity index (χ4v) is 3.36. The summed E-state index contributed by atoms with van der Waals surface area (Å²) in [5.41, 5.74) is -0.388. The Morgan fingerprint density at radius 1 is 1.03 bits per heavy atom. The first-order valence-electron chi connectivity index (χ1n) is 8.18. The van der Waals surface area contributed by atoms with Crippen molar-refractivity contribution in [2.24, 2.45) is 0 Å². The molecule has 0 aliphatic carbocycles. The van der Waals surface area contributed by atoms with Crippen molar-refractivity contribution in [1.29, 1.82) is 0 Å². The molecule has 144 valence electrons. The second-order valence-electron chi connectivity index (χ2n) is 5.96. The monoisotopic (exact) mass is 425 g/mol. The molecule has 9 nitrogen and oxygen atoms in total. The number of fused-ring (bicyclic) bond motifs is 1. The van der Waals surface area contributed by atoms with Gasteiger partial charge in [-0.15, -0.1) is 0 Å². The van der Waals surface area contributed by atoms with Crippen molar-refractivity contribution in [1.82, 2.24) is 20.2 Å². The summed E-state index contributed by atoms with van der Waals surface area (Å²) in [6, 6.07) is 10.7. The number of phenols is 1. The Morgan fingerprint density at radius 2 is 1.79 bits per heavy atom. The van der Waals surface area contributed by atoms with Crippen LogP contribution in [-0.2, 0) is 9.59 Å². The van der Waals surface area contributed by atoms with Crippen molar-refractivity contribution in [2.75, 3.05) is 5.01 Å². The van der Waals surface area contributed by atoms with E-state index < -0.39 is 17.4 Å². The SMILES string of the molecule is O=C1NC(=S)N(n2c(=S)[nH]nc(/C=C/c3c(O)ccc4ccccc34)c2=O)C1=O. The van der Waals surface area contributed by atoms with Crippen LogP contribution in [0.4, 0.5) is 0 Å². The summed E-state index contributed by atoms with van der Waals surface area (Å²) in [5.74, 6) is -1.98. The number of nitrogens with zero attached hydrogens (tertiary/aromatic N) is 3. The van der Waals surface area contributed by atoms with Crippen LogP contribution in [0, 0.1) is 4.77 Å². The van der Waals surface area contributed by atoms with E-state index in [1.807, 2.05) is 24.3 Å². The average molecular weight is 425 g/mol. The van der Waals surface area contributed by atoms with Gasteiger partial charge in [-0.3, -0.25) is 24.8 Å². The third-order valence-electron chi connectivity index (χ3n) is 4.23. The van der Waals surface area contributed by atoms with E-state index in [0.29, 0.717) is 10.6 Å². The molecular weight excluding hydrogens is 414 g/mol. The molecule has 1 aliphatic heterocycles. The summed E-state index contributed by atoms with van der Waals surface area (Å²) >= 11 is 9.96. The maximum atomic E-state index is 12.9. The number of rotatable bonds is 3. The molecule has 3 N–H and O–H groups in total. The highest BCUT2D eigenvalue weighted by atomic mass is 32.1. The van der Waals surface area contributed by atoms with E-state index in [1.165, 1.54) is 12.2 Å². The largest absolute Gasteiger partial charge is 0.507 e. The second-order valence-corrected chi connectivity index (χ2v) is 6.73. The molecule has 2 amide bonds. The first kappa shape index (κ1) is 18.7. The molecule has 0 radical (unpaired) electrons. The second kappa shape index (κ2) is 7.04. The minimum atomic E-state index is -1.04. The molecule has 4 rings (SSSR count). The zero-order chi connectivity index (χ0) is 20.7. The zero-order valence-electron chi connectivity index (χ0n) is 14.4. The maximum Gasteiger partial charge on any atom is 0.338 e. The van der Waals surface area contributed by atoms with Crippen LogP contribution in [0.25, 0.3) is 22.9 Å². The van der Waals surface area contributed by atoms with Gasteiger partial charge >= 0.3 is 11.8 Å². The number of carbonyl (C=O) groups excluding carboxylic acids is 2. The molecule has 1 aliphatic rings. The number of carbonyl (C=O) groups is 2. The van der Waals surface area contributed by atoms with Gasteiger partial charge in [0.05, 0.1) is 0 Å². The smallest absolute Gasteiger partial charge is 0.338 e. The van der Waals surface area contributed by atoms with Gasteiger partial charge in [-0.25, -0.2) is 0 Å². The van der Waals surface area contributed by atoms with Gasteiger partial charge in [0.2, 0.25) is 9.88 Å². The van der Waals surface area contributed by atoms with Crippen molar-refractivity contribution in [3.63, 3.8) is 0 Å². The van der Waals surface area contributed by atoms with Crippen LogP contribution >= 0.6 is 24.4 Å². The molecule has 11 heteroatoms. The molecule has 1 fully saturated rings. The maximum absolute atomic E-state index is 12.9. The van der Waals surface area contributed by atoms with Gasteiger partial charge in [0.1, 0.15) is 5.75 Å². The van der Waals surface area contributed by atoms with Crippen LogP contribution in [0.5, 0.6) is 5.75 Å². The highest BCUT2D eigenvalue weighted by Crippen LogP contribution is 2.28. The highest BCUT2D eigenvalue weighted by molar-refractivity contribution is 7.80. The molecule has 3 aromatic rings. The van der Waals surface area contributed by atoms with Crippen LogP contribution in [0.3, 0.4) is 0 Å². The van der Waals surface area contributed by atoms with E-state index in [4.69, 9.17) is 24.4 Å². The third-order valence-corrected chi connectivity index (χ3v) is 4.77. The molecule has 0 saturated carbocycles. The first-order valence-corrected chi connectivity index (χ1v) is 9.00. The average Bonchev–Trinajstić information content (AvgIpc) is 2.95. The van der Waals surface area contributed by atoms with Gasteiger partial charge in [-0.1, -0.05) is 30.3 Å². The Kier molecular flexibility index (Phi) is 4.53. The lowest BCUT2D eigenvalue weighted by Gasteiger charge is -2.15. The van der Waals surface area contributed by atoms with Gasteiger partial charge in [0.15, 0.2) is 5.69 Å². The molecule has 1 saturated heterocycles. The predicted octanol–water partition coefficient (Wildman–Crippen LogP) is 1.21. The minimum Gasteiger partial charge on any atom is -0.507 e. The van der Waals surface area contributed by atoms with Crippen LogP contribution in [0.2, 0.25) is 0 Å². The van der Waals surface area contributed by atoms with E-state index in [0.717, 1.165) is 15.4 Å². The number of thiocarbonyl (C=S) groups is 1. The van der Waals surface area contributed by atoms with Crippen LogP contribution in [-0.4, -0.2) is 36.9 Å². The number of hydrogen-bond acceptors (Lipinski definition) is 7. The van der Waals surface area contributed by atoms with Crippen LogP contribution in [0.15, 0.2) is 41.2 Å². The Morgan fingerprint density at radius 3 is 2.52 bits per heavy atom. The normalized spacial score (nSPS) is 14.2. The minimum absolute atomic E-state index is 0.0230. The number of aromatic hydroxyl groups is 1. The molecule has 2 heterocycles. The number of aromatic nitrogens is 3. The predicted molar refractivity (Wildman–Crippen MR) is 112 cm³/mol. The van der Waals surface area contributed by atoms with Crippen LogP contribution < -0.4 is 15.9 Å². The van der Waals surface area contributed by atoms with Gasteiger partial charge in [0.25, 0.3) is 5.56 Å². The quantitative estimate of drug-likeness (QED) is 0.426. The van der Waals surface area contributed by atoms with E-state index in [1.54, 1.807) is 12.1 Å². The Hall–Kier alpha value is -3.70. The van der Waals surface area contributed by atoms with Crippen molar-refractivity contribution in [3.05, 3.63) is 62.8 Å². The van der Waals surface area contributed by atoms with E-state index in [-0.39, 0.29) is 21.3 Å².